The molecular weight excluding hydrogens is 258 g/mol. The quantitative estimate of drug-likeness (QED) is 0.837. The number of nitrogens with zero attached hydrogens (tertiary/aromatic N) is 1. The van der Waals surface area contributed by atoms with E-state index in [9.17, 15) is 0 Å². The van der Waals surface area contributed by atoms with Crippen LogP contribution < -0.4 is 0 Å². The molecule has 0 aliphatic rings. The van der Waals surface area contributed by atoms with Gasteiger partial charge in [0.1, 0.15) is 0 Å². The van der Waals surface area contributed by atoms with Crippen molar-refractivity contribution in [1.29, 1.82) is 5.26 Å². The fourth-order valence-corrected chi connectivity index (χ4v) is 2.07. The van der Waals surface area contributed by atoms with Crippen molar-refractivity contribution in [1.82, 2.24) is 0 Å². The molecule has 0 spiro atoms. The van der Waals surface area contributed by atoms with E-state index in [1.54, 1.807) is 7.11 Å². The molecule has 0 fully saturated rings. The van der Waals surface area contributed by atoms with Crippen LogP contribution >= 0.6 is 11.6 Å². The Balaban J connectivity index is 2.14. The minimum atomic E-state index is -0.00907. The number of methoxy groups -OCH3 is 1. The van der Waals surface area contributed by atoms with Gasteiger partial charge in [0.05, 0.1) is 17.7 Å². The standard InChI is InChI=1S/C16H14ClNO/c1-19-16(14-6-8-15(17)9-7-14)10-12-2-4-13(11-18)5-3-12/h2-9,16H,10H2,1H3. The molecule has 0 bridgehead atoms. The number of nitriles is 1. The Bertz CT molecular complexity index is 569. The second kappa shape index (κ2) is 6.38. The van der Waals surface area contributed by atoms with E-state index in [0.717, 1.165) is 22.6 Å². The molecule has 0 N–H and O–H groups in total. The zero-order valence-corrected chi connectivity index (χ0v) is 11.4. The van der Waals surface area contributed by atoms with Gasteiger partial charge in [-0.1, -0.05) is 35.9 Å². The van der Waals surface area contributed by atoms with Gasteiger partial charge in [0, 0.05) is 18.6 Å². The maximum Gasteiger partial charge on any atom is 0.0991 e. The van der Waals surface area contributed by atoms with Crippen molar-refractivity contribution in [2.75, 3.05) is 7.11 Å². The Hall–Kier alpha value is -1.82. The summed E-state index contributed by atoms with van der Waals surface area (Å²) < 4.78 is 5.53. The van der Waals surface area contributed by atoms with Crippen molar-refractivity contribution >= 4 is 11.6 Å². The van der Waals surface area contributed by atoms with Gasteiger partial charge < -0.3 is 4.74 Å². The summed E-state index contributed by atoms with van der Waals surface area (Å²) in [6.07, 6.45) is 0.759. The molecule has 2 nitrogen and oxygen atoms in total. The Morgan fingerprint density at radius 2 is 1.74 bits per heavy atom. The van der Waals surface area contributed by atoms with Crippen LogP contribution in [0.2, 0.25) is 5.02 Å². The first-order valence-electron chi connectivity index (χ1n) is 6.00. The molecule has 0 amide bonds. The summed E-state index contributed by atoms with van der Waals surface area (Å²) in [5.74, 6) is 0. The van der Waals surface area contributed by atoms with Crippen molar-refractivity contribution in [3.05, 3.63) is 70.2 Å². The zero-order valence-electron chi connectivity index (χ0n) is 10.6. The molecule has 0 heterocycles. The second-order valence-electron chi connectivity index (χ2n) is 4.29. The Morgan fingerprint density at radius 1 is 1.11 bits per heavy atom. The smallest absolute Gasteiger partial charge is 0.0991 e. The molecule has 2 aromatic carbocycles. The molecule has 3 heteroatoms. The lowest BCUT2D eigenvalue weighted by molar-refractivity contribution is 0.104. The maximum atomic E-state index is 8.77. The summed E-state index contributed by atoms with van der Waals surface area (Å²) in [4.78, 5) is 0. The van der Waals surface area contributed by atoms with Crippen LogP contribution in [0.3, 0.4) is 0 Å². The van der Waals surface area contributed by atoms with Crippen LogP contribution in [0.25, 0.3) is 0 Å². The van der Waals surface area contributed by atoms with E-state index >= 15 is 0 Å². The molecule has 19 heavy (non-hydrogen) atoms. The van der Waals surface area contributed by atoms with E-state index in [0.29, 0.717) is 5.56 Å². The van der Waals surface area contributed by atoms with E-state index in [2.05, 4.69) is 6.07 Å². The summed E-state index contributed by atoms with van der Waals surface area (Å²) >= 11 is 5.88. The highest BCUT2D eigenvalue weighted by molar-refractivity contribution is 6.30. The minimum absolute atomic E-state index is 0.00907. The second-order valence-corrected chi connectivity index (χ2v) is 4.73. The summed E-state index contributed by atoms with van der Waals surface area (Å²) in [7, 11) is 1.70. The van der Waals surface area contributed by atoms with Crippen LogP contribution in [0, 0.1) is 11.3 Å². The number of benzene rings is 2. The van der Waals surface area contributed by atoms with Gasteiger partial charge in [0.2, 0.25) is 0 Å². The lowest BCUT2D eigenvalue weighted by Gasteiger charge is -2.16. The molecule has 1 unspecified atom stereocenters. The third-order valence-corrected chi connectivity index (χ3v) is 3.28. The van der Waals surface area contributed by atoms with Gasteiger partial charge in [-0.2, -0.15) is 5.26 Å². The van der Waals surface area contributed by atoms with E-state index in [-0.39, 0.29) is 6.10 Å². The molecule has 96 valence electrons. The van der Waals surface area contributed by atoms with Crippen LogP contribution in [0.1, 0.15) is 22.8 Å². The molecule has 0 aliphatic heterocycles. The van der Waals surface area contributed by atoms with Crippen molar-refractivity contribution < 1.29 is 4.74 Å². The number of hydrogen-bond acceptors (Lipinski definition) is 2. The highest BCUT2D eigenvalue weighted by Gasteiger charge is 2.11. The van der Waals surface area contributed by atoms with E-state index in [1.807, 2.05) is 48.5 Å². The molecule has 0 saturated carbocycles. The average Bonchev–Trinajstić information content (AvgIpc) is 2.46. The molecule has 0 aliphatic carbocycles. The number of halogens is 1. The summed E-state index contributed by atoms with van der Waals surface area (Å²) in [6.45, 7) is 0. The third kappa shape index (κ3) is 3.57. The Kier molecular flexibility index (Phi) is 4.57. The number of hydrogen-bond donors (Lipinski definition) is 0. The largest absolute Gasteiger partial charge is 0.376 e. The fraction of sp³-hybridized carbons (Fsp3) is 0.188. The minimum Gasteiger partial charge on any atom is -0.376 e. The van der Waals surface area contributed by atoms with Crippen LogP contribution in [-0.2, 0) is 11.2 Å². The average molecular weight is 272 g/mol. The molecule has 0 aromatic heterocycles. The summed E-state index contributed by atoms with van der Waals surface area (Å²) in [6, 6.07) is 17.3. The van der Waals surface area contributed by atoms with Crippen molar-refractivity contribution in [3.8, 4) is 6.07 Å². The Labute approximate surface area is 118 Å². The third-order valence-electron chi connectivity index (χ3n) is 3.03. The summed E-state index contributed by atoms with van der Waals surface area (Å²) in [5, 5.41) is 9.49. The van der Waals surface area contributed by atoms with Gasteiger partial charge in [-0.05, 0) is 35.4 Å². The lowest BCUT2D eigenvalue weighted by atomic mass is 10.0. The van der Waals surface area contributed by atoms with E-state index in [1.165, 1.54) is 0 Å². The van der Waals surface area contributed by atoms with E-state index in [4.69, 9.17) is 21.6 Å². The van der Waals surface area contributed by atoms with Gasteiger partial charge in [-0.25, -0.2) is 0 Å². The number of ether oxygens (including phenoxy) is 1. The Morgan fingerprint density at radius 3 is 2.26 bits per heavy atom. The monoisotopic (exact) mass is 271 g/mol. The van der Waals surface area contributed by atoms with Crippen LogP contribution in [0.5, 0.6) is 0 Å². The van der Waals surface area contributed by atoms with Crippen molar-refractivity contribution in [3.63, 3.8) is 0 Å². The van der Waals surface area contributed by atoms with Crippen LogP contribution in [0.15, 0.2) is 48.5 Å². The van der Waals surface area contributed by atoms with Crippen molar-refractivity contribution in [2.45, 2.75) is 12.5 Å². The highest BCUT2D eigenvalue weighted by atomic mass is 35.5. The molecular formula is C16H14ClNO. The van der Waals surface area contributed by atoms with Gasteiger partial charge >= 0.3 is 0 Å². The fourth-order valence-electron chi connectivity index (χ4n) is 1.94. The molecule has 0 radical (unpaired) electrons. The van der Waals surface area contributed by atoms with Gasteiger partial charge in [0.25, 0.3) is 0 Å². The highest BCUT2D eigenvalue weighted by Crippen LogP contribution is 2.23. The first kappa shape index (κ1) is 13.6. The maximum absolute atomic E-state index is 8.77. The van der Waals surface area contributed by atoms with Crippen LogP contribution in [0.4, 0.5) is 0 Å². The molecule has 2 aromatic rings. The number of rotatable bonds is 4. The van der Waals surface area contributed by atoms with Crippen LogP contribution in [-0.4, -0.2) is 7.11 Å². The predicted octanol–water partition coefficient (Wildman–Crippen LogP) is 4.14. The zero-order chi connectivity index (χ0) is 13.7. The normalized spacial score (nSPS) is 11.8. The van der Waals surface area contributed by atoms with E-state index < -0.39 is 0 Å². The summed E-state index contributed by atoms with van der Waals surface area (Å²) in [5.41, 5.74) is 2.90. The topological polar surface area (TPSA) is 33.0 Å². The first-order valence-corrected chi connectivity index (χ1v) is 6.38. The predicted molar refractivity (Wildman–Crippen MR) is 76.1 cm³/mol. The lowest BCUT2D eigenvalue weighted by Crippen LogP contribution is -2.05. The molecule has 1 atom stereocenters. The van der Waals surface area contributed by atoms with Crippen molar-refractivity contribution in [2.24, 2.45) is 0 Å². The molecule has 0 saturated heterocycles. The van der Waals surface area contributed by atoms with Gasteiger partial charge in [-0.3, -0.25) is 0 Å². The van der Waals surface area contributed by atoms with Gasteiger partial charge in [-0.15, -0.1) is 0 Å². The molecule has 2 rings (SSSR count). The SMILES string of the molecule is COC(Cc1ccc(C#N)cc1)c1ccc(Cl)cc1. The first-order chi connectivity index (χ1) is 9.22. The van der Waals surface area contributed by atoms with Gasteiger partial charge in [0.15, 0.2) is 0 Å².